The topological polar surface area (TPSA) is 64.3 Å². The molecule has 0 saturated heterocycles. The van der Waals surface area contributed by atoms with E-state index in [4.69, 9.17) is 5.73 Å². The van der Waals surface area contributed by atoms with Gasteiger partial charge in [-0.05, 0) is 43.0 Å². The molecule has 1 fully saturated rings. The molecule has 1 aliphatic carbocycles. The number of carbonyl (C=O) groups is 1. The summed E-state index contributed by atoms with van der Waals surface area (Å²) in [5, 5.41) is 2.71. The smallest absolute Gasteiger partial charge is 0.422 e. The molecular weight excluding hydrogens is 285 g/mol. The van der Waals surface area contributed by atoms with E-state index >= 15 is 0 Å². The van der Waals surface area contributed by atoms with Gasteiger partial charge in [0.15, 0.2) is 6.61 Å². The van der Waals surface area contributed by atoms with Crippen molar-refractivity contribution in [1.29, 1.82) is 0 Å². The fourth-order valence-corrected chi connectivity index (χ4v) is 1.87. The van der Waals surface area contributed by atoms with E-state index in [9.17, 15) is 18.0 Å². The lowest BCUT2D eigenvalue weighted by Gasteiger charge is -2.12. The Labute approximate surface area is 120 Å². The Hall–Kier alpha value is -1.76. The van der Waals surface area contributed by atoms with Crippen molar-refractivity contribution in [1.82, 2.24) is 5.32 Å². The fraction of sp³-hybridized carbons (Fsp3) is 0.500. The molecule has 0 aromatic heterocycles. The molecule has 1 aromatic carbocycles. The van der Waals surface area contributed by atoms with Crippen LogP contribution in [0.1, 0.15) is 23.2 Å². The van der Waals surface area contributed by atoms with Crippen LogP contribution in [0.5, 0.6) is 5.75 Å². The Bertz CT molecular complexity index is 484. The number of halogens is 3. The maximum absolute atomic E-state index is 12.0. The Morgan fingerprint density at radius 2 is 1.95 bits per heavy atom. The zero-order valence-electron chi connectivity index (χ0n) is 11.3. The van der Waals surface area contributed by atoms with E-state index in [1.54, 1.807) is 0 Å². The van der Waals surface area contributed by atoms with Gasteiger partial charge >= 0.3 is 6.18 Å². The van der Waals surface area contributed by atoms with Crippen LogP contribution in [0.3, 0.4) is 0 Å². The number of alkyl halides is 3. The number of hydrogen-bond donors (Lipinski definition) is 2. The molecule has 1 unspecified atom stereocenters. The highest BCUT2D eigenvalue weighted by Crippen LogP contribution is 2.31. The summed E-state index contributed by atoms with van der Waals surface area (Å²) in [7, 11) is 0. The lowest BCUT2D eigenvalue weighted by Crippen LogP contribution is -2.38. The van der Waals surface area contributed by atoms with Gasteiger partial charge < -0.3 is 15.8 Å². The van der Waals surface area contributed by atoms with Crippen LogP contribution in [0.4, 0.5) is 13.2 Å². The van der Waals surface area contributed by atoms with Gasteiger partial charge in [-0.15, -0.1) is 0 Å². The molecule has 0 spiro atoms. The third-order valence-electron chi connectivity index (χ3n) is 3.24. The van der Waals surface area contributed by atoms with E-state index in [0.29, 0.717) is 18.0 Å². The lowest BCUT2D eigenvalue weighted by atomic mass is 10.1. The maximum atomic E-state index is 12.0. The fourth-order valence-electron chi connectivity index (χ4n) is 1.87. The quantitative estimate of drug-likeness (QED) is 0.846. The third-order valence-corrected chi connectivity index (χ3v) is 3.24. The molecule has 1 saturated carbocycles. The summed E-state index contributed by atoms with van der Waals surface area (Å²) in [6.07, 6.45) is -2.18. The van der Waals surface area contributed by atoms with Crippen LogP contribution in [0.2, 0.25) is 0 Å². The first-order chi connectivity index (χ1) is 9.85. The molecule has 1 aliphatic rings. The summed E-state index contributed by atoms with van der Waals surface area (Å²) in [6.45, 7) is -0.954. The van der Waals surface area contributed by atoms with Gasteiger partial charge in [0.1, 0.15) is 5.75 Å². The van der Waals surface area contributed by atoms with Gasteiger partial charge in [-0.1, -0.05) is 0 Å². The van der Waals surface area contributed by atoms with E-state index < -0.39 is 12.8 Å². The van der Waals surface area contributed by atoms with E-state index in [1.165, 1.54) is 24.3 Å². The molecule has 0 radical (unpaired) electrons. The summed E-state index contributed by atoms with van der Waals surface area (Å²) >= 11 is 0. The second kappa shape index (κ2) is 6.34. The normalized spacial score (nSPS) is 16.4. The Morgan fingerprint density at radius 1 is 1.33 bits per heavy atom. The molecule has 2 rings (SSSR count). The molecule has 0 aliphatic heterocycles. The number of amides is 1. The Kier molecular flexibility index (Phi) is 4.72. The van der Waals surface area contributed by atoms with Crippen LogP contribution in [-0.4, -0.2) is 31.3 Å². The molecule has 1 amide bonds. The van der Waals surface area contributed by atoms with Crippen LogP contribution >= 0.6 is 0 Å². The Morgan fingerprint density at radius 3 is 2.48 bits per heavy atom. The van der Waals surface area contributed by atoms with Gasteiger partial charge in [-0.2, -0.15) is 13.2 Å². The first-order valence-electron chi connectivity index (χ1n) is 6.68. The molecule has 3 N–H and O–H groups in total. The van der Waals surface area contributed by atoms with Gasteiger partial charge in [0.2, 0.25) is 0 Å². The first kappa shape index (κ1) is 15.6. The minimum atomic E-state index is -4.38. The molecule has 0 bridgehead atoms. The molecule has 7 heteroatoms. The predicted molar refractivity (Wildman–Crippen MR) is 71.0 cm³/mol. The van der Waals surface area contributed by atoms with Crippen LogP contribution in [0.25, 0.3) is 0 Å². The summed E-state index contributed by atoms with van der Waals surface area (Å²) in [5.41, 5.74) is 6.23. The van der Waals surface area contributed by atoms with Crippen molar-refractivity contribution in [3.63, 3.8) is 0 Å². The van der Waals surface area contributed by atoms with Crippen molar-refractivity contribution >= 4 is 5.91 Å². The highest BCUT2D eigenvalue weighted by atomic mass is 19.4. The first-order valence-corrected chi connectivity index (χ1v) is 6.68. The predicted octanol–water partition coefficient (Wildman–Crippen LogP) is 2.09. The van der Waals surface area contributed by atoms with Gasteiger partial charge in [-0.25, -0.2) is 0 Å². The van der Waals surface area contributed by atoms with Crippen molar-refractivity contribution in [2.75, 3.05) is 13.2 Å². The maximum Gasteiger partial charge on any atom is 0.422 e. The number of nitrogens with two attached hydrogens (primary N) is 1. The van der Waals surface area contributed by atoms with Crippen LogP contribution < -0.4 is 15.8 Å². The van der Waals surface area contributed by atoms with Crippen molar-refractivity contribution < 1.29 is 22.7 Å². The Balaban J connectivity index is 1.81. The number of carbonyl (C=O) groups excluding carboxylic acids is 1. The monoisotopic (exact) mass is 302 g/mol. The highest BCUT2D eigenvalue weighted by molar-refractivity contribution is 5.94. The second-order valence-corrected chi connectivity index (χ2v) is 5.14. The van der Waals surface area contributed by atoms with Crippen LogP contribution in [0.15, 0.2) is 24.3 Å². The van der Waals surface area contributed by atoms with Gasteiger partial charge in [-0.3, -0.25) is 4.79 Å². The molecule has 21 heavy (non-hydrogen) atoms. The molecular formula is C14H17F3N2O2. The molecule has 116 valence electrons. The summed E-state index contributed by atoms with van der Waals surface area (Å²) in [6, 6.07) is 5.47. The van der Waals surface area contributed by atoms with E-state index in [0.717, 1.165) is 12.8 Å². The zero-order valence-corrected chi connectivity index (χ0v) is 11.3. The van der Waals surface area contributed by atoms with Gasteiger partial charge in [0.05, 0.1) is 0 Å². The molecule has 4 nitrogen and oxygen atoms in total. The lowest BCUT2D eigenvalue weighted by molar-refractivity contribution is -0.153. The SMILES string of the molecule is NC(CNC(=O)c1ccc(OCC(F)(F)F)cc1)C1CC1. The molecule has 1 atom stereocenters. The number of benzene rings is 1. The van der Waals surface area contributed by atoms with Crippen molar-refractivity contribution in [3.8, 4) is 5.75 Å². The van der Waals surface area contributed by atoms with Crippen molar-refractivity contribution in [2.45, 2.75) is 25.1 Å². The van der Waals surface area contributed by atoms with Crippen LogP contribution in [0, 0.1) is 5.92 Å². The number of nitrogens with one attached hydrogen (secondary N) is 1. The largest absolute Gasteiger partial charge is 0.484 e. The highest BCUT2D eigenvalue weighted by Gasteiger charge is 2.29. The van der Waals surface area contributed by atoms with E-state index in [2.05, 4.69) is 10.1 Å². The van der Waals surface area contributed by atoms with Crippen molar-refractivity contribution in [2.24, 2.45) is 11.7 Å². The van der Waals surface area contributed by atoms with Gasteiger partial charge in [0, 0.05) is 18.2 Å². The molecule has 1 aromatic rings. The summed E-state index contributed by atoms with van der Waals surface area (Å²) in [5.74, 6) is 0.260. The summed E-state index contributed by atoms with van der Waals surface area (Å²) in [4.78, 5) is 11.8. The average Bonchev–Trinajstić information content (AvgIpc) is 3.26. The number of rotatable bonds is 6. The minimum Gasteiger partial charge on any atom is -0.484 e. The average molecular weight is 302 g/mol. The van der Waals surface area contributed by atoms with Gasteiger partial charge in [0.25, 0.3) is 5.91 Å². The summed E-state index contributed by atoms with van der Waals surface area (Å²) < 4.78 is 40.5. The minimum absolute atomic E-state index is 0.0386. The van der Waals surface area contributed by atoms with Crippen LogP contribution in [-0.2, 0) is 0 Å². The zero-order chi connectivity index (χ0) is 15.5. The van der Waals surface area contributed by atoms with E-state index in [-0.39, 0.29) is 17.7 Å². The second-order valence-electron chi connectivity index (χ2n) is 5.14. The van der Waals surface area contributed by atoms with E-state index in [1.807, 2.05) is 0 Å². The molecule has 0 heterocycles. The standard InChI is InChI=1S/C14H17F3N2O2/c15-14(16,17)8-21-11-5-3-10(4-6-11)13(20)19-7-12(18)9-1-2-9/h3-6,9,12H,1-2,7-8,18H2,(H,19,20). The van der Waals surface area contributed by atoms with Crippen molar-refractivity contribution in [3.05, 3.63) is 29.8 Å². The number of ether oxygens (including phenoxy) is 1. The number of hydrogen-bond acceptors (Lipinski definition) is 3. The third kappa shape index (κ3) is 5.26.